The van der Waals surface area contributed by atoms with E-state index in [2.05, 4.69) is 11.4 Å². The largest absolute Gasteiger partial charge is 0.479 e. The number of ether oxygens (including phenoxy) is 2. The van der Waals surface area contributed by atoms with Gasteiger partial charge < -0.3 is 14.8 Å². The van der Waals surface area contributed by atoms with E-state index in [9.17, 15) is 9.59 Å². The van der Waals surface area contributed by atoms with E-state index >= 15 is 0 Å². The van der Waals surface area contributed by atoms with E-state index < -0.39 is 12.1 Å². The molecule has 1 N–H and O–H groups in total. The molecule has 26 heavy (non-hydrogen) atoms. The van der Waals surface area contributed by atoms with Crippen LogP contribution in [0.2, 0.25) is 0 Å². The summed E-state index contributed by atoms with van der Waals surface area (Å²) in [4.78, 5) is 24.2. The monoisotopic (exact) mass is 353 g/mol. The number of nitrogens with one attached hydrogen (secondary N) is 1. The SMILES string of the molecule is C[C@H](Oc1ccccc1)C(=O)OCC(=O)N[C@@H]1CCCc2ccccc21. The predicted molar refractivity (Wildman–Crippen MR) is 97.8 cm³/mol. The number of fused-ring (bicyclic) bond motifs is 1. The summed E-state index contributed by atoms with van der Waals surface area (Å²) >= 11 is 0. The summed E-state index contributed by atoms with van der Waals surface area (Å²) in [7, 11) is 0. The Hall–Kier alpha value is -2.82. The number of benzene rings is 2. The number of para-hydroxylation sites is 1. The van der Waals surface area contributed by atoms with Crippen LogP contribution in [0.3, 0.4) is 0 Å². The van der Waals surface area contributed by atoms with Crippen LogP contribution >= 0.6 is 0 Å². The van der Waals surface area contributed by atoms with Crippen LogP contribution in [0.15, 0.2) is 54.6 Å². The lowest BCUT2D eigenvalue weighted by atomic mass is 9.88. The van der Waals surface area contributed by atoms with E-state index in [0.717, 1.165) is 24.8 Å². The second-order valence-corrected chi connectivity index (χ2v) is 6.39. The lowest BCUT2D eigenvalue weighted by molar-refractivity contribution is -0.154. The van der Waals surface area contributed by atoms with Gasteiger partial charge in [-0.15, -0.1) is 0 Å². The van der Waals surface area contributed by atoms with E-state index in [1.54, 1.807) is 19.1 Å². The molecule has 0 heterocycles. The Morgan fingerprint density at radius 1 is 1.12 bits per heavy atom. The molecule has 0 saturated carbocycles. The molecule has 0 spiro atoms. The van der Waals surface area contributed by atoms with Gasteiger partial charge >= 0.3 is 5.97 Å². The molecule has 3 rings (SSSR count). The molecule has 2 atom stereocenters. The van der Waals surface area contributed by atoms with E-state index in [0.29, 0.717) is 5.75 Å². The molecule has 2 aromatic carbocycles. The maximum absolute atomic E-state index is 12.2. The van der Waals surface area contributed by atoms with Crippen molar-refractivity contribution in [2.75, 3.05) is 6.61 Å². The second-order valence-electron chi connectivity index (χ2n) is 6.39. The molecule has 1 amide bonds. The first-order chi connectivity index (χ1) is 12.6. The minimum atomic E-state index is -0.777. The van der Waals surface area contributed by atoms with Crippen LogP contribution in [0.5, 0.6) is 5.75 Å². The molecular weight excluding hydrogens is 330 g/mol. The molecule has 0 radical (unpaired) electrons. The minimum Gasteiger partial charge on any atom is -0.479 e. The molecular formula is C21H23NO4. The fourth-order valence-corrected chi connectivity index (χ4v) is 3.15. The highest BCUT2D eigenvalue weighted by atomic mass is 16.6. The van der Waals surface area contributed by atoms with Gasteiger partial charge in [-0.3, -0.25) is 4.79 Å². The number of hydrogen-bond acceptors (Lipinski definition) is 4. The Bertz CT molecular complexity index is 760. The van der Waals surface area contributed by atoms with Gasteiger partial charge in [0.25, 0.3) is 5.91 Å². The molecule has 0 saturated heterocycles. The van der Waals surface area contributed by atoms with Gasteiger partial charge in [0.1, 0.15) is 5.75 Å². The Labute approximate surface area is 153 Å². The minimum absolute atomic E-state index is 0.0239. The highest BCUT2D eigenvalue weighted by Crippen LogP contribution is 2.29. The zero-order valence-electron chi connectivity index (χ0n) is 14.8. The number of rotatable bonds is 6. The number of carbonyl (C=O) groups is 2. The van der Waals surface area contributed by atoms with Crippen LogP contribution in [0.25, 0.3) is 0 Å². The van der Waals surface area contributed by atoms with E-state index in [4.69, 9.17) is 9.47 Å². The Morgan fingerprint density at radius 3 is 2.65 bits per heavy atom. The molecule has 5 nitrogen and oxygen atoms in total. The van der Waals surface area contributed by atoms with Gasteiger partial charge in [0.05, 0.1) is 6.04 Å². The van der Waals surface area contributed by atoms with E-state index in [-0.39, 0.29) is 18.6 Å². The van der Waals surface area contributed by atoms with Crippen LogP contribution in [-0.2, 0) is 20.7 Å². The van der Waals surface area contributed by atoms with Gasteiger partial charge in [-0.25, -0.2) is 4.79 Å². The zero-order valence-corrected chi connectivity index (χ0v) is 14.8. The number of hydrogen-bond donors (Lipinski definition) is 1. The summed E-state index contributed by atoms with van der Waals surface area (Å²) in [6.07, 6.45) is 2.18. The highest BCUT2D eigenvalue weighted by Gasteiger charge is 2.23. The molecule has 5 heteroatoms. The predicted octanol–water partition coefficient (Wildman–Crippen LogP) is 3.19. The van der Waals surface area contributed by atoms with Gasteiger partial charge in [-0.1, -0.05) is 42.5 Å². The van der Waals surface area contributed by atoms with Crippen LogP contribution in [0.4, 0.5) is 0 Å². The summed E-state index contributed by atoms with van der Waals surface area (Å²) in [5.41, 5.74) is 2.42. The van der Waals surface area contributed by atoms with Gasteiger partial charge in [0.2, 0.25) is 0 Å². The smallest absolute Gasteiger partial charge is 0.347 e. The first-order valence-electron chi connectivity index (χ1n) is 8.89. The molecule has 0 unspecified atom stereocenters. The van der Waals surface area contributed by atoms with Gasteiger partial charge in [0, 0.05) is 0 Å². The maximum atomic E-state index is 12.2. The normalized spacial score (nSPS) is 16.9. The van der Waals surface area contributed by atoms with Crippen molar-refractivity contribution in [1.29, 1.82) is 0 Å². The van der Waals surface area contributed by atoms with Gasteiger partial charge in [0.15, 0.2) is 12.7 Å². The highest BCUT2D eigenvalue weighted by molar-refractivity contribution is 5.82. The van der Waals surface area contributed by atoms with Crippen LogP contribution in [0, 0.1) is 0 Å². The topological polar surface area (TPSA) is 64.6 Å². The molecule has 0 fully saturated rings. The molecule has 0 bridgehead atoms. The third kappa shape index (κ3) is 4.63. The van der Waals surface area contributed by atoms with E-state index in [1.165, 1.54) is 5.56 Å². The zero-order chi connectivity index (χ0) is 18.4. The Morgan fingerprint density at radius 2 is 1.85 bits per heavy atom. The average molecular weight is 353 g/mol. The molecule has 0 aliphatic heterocycles. The number of esters is 1. The standard InChI is InChI=1S/C21H23NO4/c1-15(26-17-10-3-2-4-11-17)21(24)25-14-20(23)22-19-13-7-9-16-8-5-6-12-18(16)19/h2-6,8,10-12,15,19H,7,9,13-14H2,1H3,(H,22,23)/t15-,19+/m0/s1. The number of aryl methyl sites for hydroxylation is 1. The van der Waals surface area contributed by atoms with Crippen molar-refractivity contribution in [2.45, 2.75) is 38.3 Å². The van der Waals surface area contributed by atoms with Crippen LogP contribution in [0.1, 0.15) is 36.9 Å². The Balaban J connectivity index is 1.48. The van der Waals surface area contributed by atoms with E-state index in [1.807, 2.05) is 36.4 Å². The lowest BCUT2D eigenvalue weighted by Crippen LogP contribution is -2.36. The molecule has 136 valence electrons. The summed E-state index contributed by atoms with van der Waals surface area (Å²) in [5.74, 6) is -0.278. The van der Waals surface area contributed by atoms with Crippen molar-refractivity contribution in [2.24, 2.45) is 0 Å². The van der Waals surface area contributed by atoms with Crippen molar-refractivity contribution in [1.82, 2.24) is 5.32 Å². The number of carbonyl (C=O) groups excluding carboxylic acids is 2. The summed E-state index contributed by atoms with van der Waals surface area (Å²) in [6.45, 7) is 1.30. The first-order valence-corrected chi connectivity index (χ1v) is 8.89. The summed E-state index contributed by atoms with van der Waals surface area (Å²) in [5, 5.41) is 2.96. The van der Waals surface area contributed by atoms with Gasteiger partial charge in [-0.2, -0.15) is 0 Å². The quantitative estimate of drug-likeness (QED) is 0.810. The van der Waals surface area contributed by atoms with Crippen molar-refractivity contribution in [3.05, 3.63) is 65.7 Å². The van der Waals surface area contributed by atoms with Crippen molar-refractivity contribution >= 4 is 11.9 Å². The molecule has 2 aromatic rings. The van der Waals surface area contributed by atoms with Crippen LogP contribution < -0.4 is 10.1 Å². The maximum Gasteiger partial charge on any atom is 0.347 e. The molecule has 1 aliphatic rings. The van der Waals surface area contributed by atoms with Crippen LogP contribution in [-0.4, -0.2) is 24.6 Å². The van der Waals surface area contributed by atoms with Crippen molar-refractivity contribution in [3.8, 4) is 5.75 Å². The lowest BCUT2D eigenvalue weighted by Gasteiger charge is -2.26. The first kappa shape index (κ1) is 18.0. The van der Waals surface area contributed by atoms with Gasteiger partial charge in [-0.05, 0) is 49.4 Å². The Kier molecular flexibility index (Phi) is 5.89. The number of amides is 1. The molecule has 1 aliphatic carbocycles. The third-order valence-corrected chi connectivity index (χ3v) is 4.44. The fraction of sp³-hybridized carbons (Fsp3) is 0.333. The van der Waals surface area contributed by atoms with Crippen molar-refractivity contribution < 1.29 is 19.1 Å². The average Bonchev–Trinajstić information content (AvgIpc) is 2.67. The second kappa shape index (κ2) is 8.52. The summed E-state index contributed by atoms with van der Waals surface area (Å²) in [6, 6.07) is 17.1. The molecule has 0 aromatic heterocycles. The van der Waals surface area contributed by atoms with Crippen molar-refractivity contribution in [3.63, 3.8) is 0 Å². The fourth-order valence-electron chi connectivity index (χ4n) is 3.15. The summed E-state index contributed by atoms with van der Waals surface area (Å²) < 4.78 is 10.6. The third-order valence-electron chi connectivity index (χ3n) is 4.44.